The summed E-state index contributed by atoms with van der Waals surface area (Å²) in [6.07, 6.45) is 5.98. The molecule has 0 saturated heterocycles. The number of nitrogens with zero attached hydrogens (tertiary/aromatic N) is 1. The highest BCUT2D eigenvalue weighted by Crippen LogP contribution is 2.61. The van der Waals surface area contributed by atoms with Gasteiger partial charge in [-0.3, -0.25) is 4.99 Å². The summed E-state index contributed by atoms with van der Waals surface area (Å²) in [7, 11) is 0. The molecule has 31 heavy (non-hydrogen) atoms. The van der Waals surface area contributed by atoms with Crippen molar-refractivity contribution < 1.29 is 0 Å². The third-order valence-corrected chi connectivity index (χ3v) is 8.30. The fourth-order valence-corrected chi connectivity index (χ4v) is 7.41. The zero-order valence-electron chi connectivity index (χ0n) is 18.7. The van der Waals surface area contributed by atoms with Crippen molar-refractivity contribution in [1.82, 2.24) is 0 Å². The van der Waals surface area contributed by atoms with E-state index in [-0.39, 0.29) is 10.8 Å². The molecule has 1 nitrogen and oxygen atoms in total. The number of rotatable bonds is 0. The van der Waals surface area contributed by atoms with Gasteiger partial charge in [0.15, 0.2) is 0 Å². The van der Waals surface area contributed by atoms with Crippen molar-refractivity contribution in [3.63, 3.8) is 0 Å². The fourth-order valence-electron chi connectivity index (χ4n) is 7.41. The van der Waals surface area contributed by atoms with Crippen LogP contribution < -0.4 is 5.22 Å². The standard InChI is InChI=1S/C30H27N/c1-29(2)16-30(3,4)27-23-14-19-9-11-21-20-8-6-5-7-17(20)13-18-10-12-22(26(19)25(18)21)28(23)31-15-24(27)29/h5-15,23,27H,16H2,1-4H3. The quantitative estimate of drug-likeness (QED) is 0.221. The van der Waals surface area contributed by atoms with Gasteiger partial charge in [-0.1, -0.05) is 82.3 Å². The molecule has 1 heteroatoms. The first-order valence-electron chi connectivity index (χ1n) is 11.5. The normalized spacial score (nSPS) is 25.2. The molecule has 2 unspecified atom stereocenters. The predicted octanol–water partition coefficient (Wildman–Crippen LogP) is 7.03. The Hall–Kier alpha value is -2.93. The molecule has 4 aromatic carbocycles. The highest BCUT2D eigenvalue weighted by Gasteiger charge is 2.53. The zero-order valence-corrected chi connectivity index (χ0v) is 18.7. The fraction of sp³-hybridized carbons (Fsp3) is 0.300. The summed E-state index contributed by atoms with van der Waals surface area (Å²) < 4.78 is 0. The lowest BCUT2D eigenvalue weighted by Crippen LogP contribution is -2.37. The Labute approximate surface area is 183 Å². The first kappa shape index (κ1) is 17.7. The van der Waals surface area contributed by atoms with Crippen LogP contribution in [0.25, 0.3) is 38.4 Å². The largest absolute Gasteiger partial charge is 0.260 e. The topological polar surface area (TPSA) is 12.4 Å². The van der Waals surface area contributed by atoms with Crippen LogP contribution in [-0.2, 0) is 0 Å². The Morgan fingerprint density at radius 3 is 2.55 bits per heavy atom. The van der Waals surface area contributed by atoms with Crippen molar-refractivity contribution in [2.75, 3.05) is 0 Å². The van der Waals surface area contributed by atoms with E-state index in [4.69, 9.17) is 4.99 Å². The van der Waals surface area contributed by atoms with Gasteiger partial charge in [0, 0.05) is 17.7 Å². The van der Waals surface area contributed by atoms with Gasteiger partial charge in [0.05, 0.1) is 5.71 Å². The second kappa shape index (κ2) is 5.46. The molecule has 3 aliphatic rings. The van der Waals surface area contributed by atoms with E-state index in [9.17, 15) is 0 Å². The monoisotopic (exact) mass is 401 g/mol. The van der Waals surface area contributed by atoms with Crippen LogP contribution in [0.15, 0.2) is 71.4 Å². The van der Waals surface area contributed by atoms with E-state index < -0.39 is 0 Å². The van der Waals surface area contributed by atoms with Crippen LogP contribution in [0.1, 0.15) is 39.7 Å². The third kappa shape index (κ3) is 2.14. The maximum Gasteiger partial charge on any atom is 0.0557 e. The average molecular weight is 402 g/mol. The lowest BCUT2D eigenvalue weighted by Gasteiger charge is -2.38. The van der Waals surface area contributed by atoms with Gasteiger partial charge in [0.25, 0.3) is 0 Å². The van der Waals surface area contributed by atoms with Crippen LogP contribution in [-0.4, -0.2) is 5.71 Å². The molecular weight excluding hydrogens is 374 g/mol. The lowest BCUT2D eigenvalue weighted by atomic mass is 9.67. The number of allylic oxidation sites excluding steroid dienone is 1. The van der Waals surface area contributed by atoms with Crippen LogP contribution in [0.4, 0.5) is 0 Å². The van der Waals surface area contributed by atoms with E-state index in [0.717, 1.165) is 0 Å². The van der Waals surface area contributed by atoms with Crippen LogP contribution >= 0.6 is 0 Å². The minimum Gasteiger partial charge on any atom is -0.260 e. The van der Waals surface area contributed by atoms with Crippen LogP contribution in [0.3, 0.4) is 0 Å². The Balaban J connectivity index is 1.60. The van der Waals surface area contributed by atoms with E-state index in [1.807, 2.05) is 0 Å². The van der Waals surface area contributed by atoms with Crippen LogP contribution in [0.5, 0.6) is 0 Å². The predicted molar refractivity (Wildman–Crippen MR) is 132 cm³/mol. The Bertz CT molecular complexity index is 1560. The molecular formula is C30H27N. The summed E-state index contributed by atoms with van der Waals surface area (Å²) in [6, 6.07) is 20.5. The van der Waals surface area contributed by atoms with E-state index in [1.54, 1.807) is 5.57 Å². The highest BCUT2D eigenvalue weighted by molar-refractivity contribution is 6.27. The molecule has 1 heterocycles. The minimum absolute atomic E-state index is 0.222. The number of aliphatic imine (C=N–C) groups is 1. The number of fused-ring (bicyclic) bond motifs is 6. The van der Waals surface area contributed by atoms with Gasteiger partial charge >= 0.3 is 0 Å². The van der Waals surface area contributed by atoms with Crippen molar-refractivity contribution in [1.29, 1.82) is 0 Å². The summed E-state index contributed by atoms with van der Waals surface area (Å²) in [4.78, 5) is 5.14. The molecule has 152 valence electrons. The maximum absolute atomic E-state index is 5.14. The first-order valence-corrected chi connectivity index (χ1v) is 11.5. The molecule has 0 amide bonds. The molecule has 1 saturated carbocycles. The van der Waals surface area contributed by atoms with Gasteiger partial charge in [-0.2, -0.15) is 0 Å². The van der Waals surface area contributed by atoms with Crippen molar-refractivity contribution in [2.45, 2.75) is 34.1 Å². The van der Waals surface area contributed by atoms with Crippen molar-refractivity contribution in [2.24, 2.45) is 27.7 Å². The second-order valence-corrected chi connectivity index (χ2v) is 11.2. The van der Waals surface area contributed by atoms with E-state index in [1.165, 1.54) is 55.2 Å². The Morgan fingerprint density at radius 2 is 1.68 bits per heavy atom. The van der Waals surface area contributed by atoms with Crippen molar-refractivity contribution in [3.05, 3.63) is 77.2 Å². The van der Waals surface area contributed by atoms with Gasteiger partial charge in [-0.05, 0) is 72.3 Å². The van der Waals surface area contributed by atoms with Gasteiger partial charge in [-0.25, -0.2) is 0 Å². The molecule has 4 aromatic rings. The maximum atomic E-state index is 5.14. The molecule has 1 aliphatic heterocycles. The Kier molecular flexibility index (Phi) is 3.12. The van der Waals surface area contributed by atoms with Gasteiger partial charge in [0.2, 0.25) is 0 Å². The minimum atomic E-state index is 0.222. The summed E-state index contributed by atoms with van der Waals surface area (Å²) in [6.45, 7) is 9.71. The van der Waals surface area contributed by atoms with Crippen LogP contribution in [0, 0.1) is 22.7 Å². The van der Waals surface area contributed by atoms with Crippen molar-refractivity contribution in [3.8, 4) is 0 Å². The van der Waals surface area contributed by atoms with Crippen molar-refractivity contribution >= 4 is 44.1 Å². The number of benzene rings is 4. The summed E-state index contributed by atoms with van der Waals surface area (Å²) >= 11 is 0. The summed E-state index contributed by atoms with van der Waals surface area (Å²) in [5.41, 5.74) is 4.65. The second-order valence-electron chi connectivity index (χ2n) is 11.2. The summed E-state index contributed by atoms with van der Waals surface area (Å²) in [5, 5.41) is 9.51. The molecule has 0 spiro atoms. The average Bonchev–Trinajstić information content (AvgIpc) is 2.94. The molecule has 2 atom stereocenters. The van der Waals surface area contributed by atoms with E-state index in [2.05, 4.69) is 94.6 Å². The first-order chi connectivity index (χ1) is 14.9. The highest BCUT2D eigenvalue weighted by atomic mass is 14.8. The molecule has 0 bridgehead atoms. The zero-order chi connectivity index (χ0) is 21.1. The molecule has 0 radical (unpaired) electrons. The third-order valence-electron chi connectivity index (χ3n) is 8.30. The van der Waals surface area contributed by atoms with Crippen LogP contribution in [0.2, 0.25) is 0 Å². The Morgan fingerprint density at radius 1 is 0.839 bits per heavy atom. The summed E-state index contributed by atoms with van der Waals surface area (Å²) in [5.74, 6) is 0.890. The molecule has 7 rings (SSSR count). The molecule has 0 N–H and O–H groups in total. The number of hydrogen-bond acceptors (Lipinski definition) is 1. The number of hydrogen-bond donors (Lipinski definition) is 0. The SMILES string of the molecule is CC1(C)CC(C)(C)C2C1=CN=C1c3ccc4cc5ccccc5c5ccc(c3c45)=CC12. The molecule has 2 aliphatic carbocycles. The smallest absolute Gasteiger partial charge is 0.0557 e. The van der Waals surface area contributed by atoms with E-state index >= 15 is 0 Å². The molecule has 1 fully saturated rings. The van der Waals surface area contributed by atoms with Gasteiger partial charge in [-0.15, -0.1) is 0 Å². The molecule has 0 aromatic heterocycles. The lowest BCUT2D eigenvalue weighted by molar-refractivity contribution is 0.244. The van der Waals surface area contributed by atoms with E-state index in [0.29, 0.717) is 11.8 Å². The van der Waals surface area contributed by atoms with Gasteiger partial charge in [0.1, 0.15) is 0 Å². The van der Waals surface area contributed by atoms with Gasteiger partial charge < -0.3 is 0 Å².